The molecule has 3 aromatic rings. The van der Waals surface area contributed by atoms with Crippen LogP contribution in [0.25, 0.3) is 11.3 Å². The number of hydrogen-bond donors (Lipinski definition) is 2. The standard InChI is InChI=1S/C25H25F4N5O/c1-14(2)34-7-8-35-23-20(26)10-16(11-21(23)34)22-19(25(27,28)29)13-31-24(33-22)32-18-4-3-15-5-6-30-12-17(15)9-18/h3-4,9-11,13-14,30H,5-8,12H2,1-2H3,(H,31,32,33). The predicted molar refractivity (Wildman–Crippen MR) is 126 cm³/mol. The minimum absolute atomic E-state index is 0.00446. The second-order valence-electron chi connectivity index (χ2n) is 8.93. The van der Waals surface area contributed by atoms with Crippen LogP contribution in [0.2, 0.25) is 0 Å². The van der Waals surface area contributed by atoms with Gasteiger partial charge in [0.15, 0.2) is 11.6 Å². The summed E-state index contributed by atoms with van der Waals surface area (Å²) in [5.41, 5.74) is 1.97. The number of ether oxygens (including phenoxy) is 1. The van der Waals surface area contributed by atoms with Crippen LogP contribution in [-0.2, 0) is 19.1 Å². The van der Waals surface area contributed by atoms with Crippen LogP contribution in [0, 0.1) is 5.82 Å². The predicted octanol–water partition coefficient (Wildman–Crippen LogP) is 5.30. The Balaban J connectivity index is 1.57. The number of alkyl halides is 3. The number of halogens is 4. The van der Waals surface area contributed by atoms with Crippen molar-refractivity contribution in [3.63, 3.8) is 0 Å². The third-order valence-electron chi connectivity index (χ3n) is 6.25. The monoisotopic (exact) mass is 487 g/mol. The molecule has 0 saturated heterocycles. The quantitative estimate of drug-likeness (QED) is 0.487. The summed E-state index contributed by atoms with van der Waals surface area (Å²) in [5.74, 6) is -0.699. The topological polar surface area (TPSA) is 62.3 Å². The Bertz CT molecular complexity index is 1260. The molecule has 2 aromatic carbocycles. The van der Waals surface area contributed by atoms with Crippen molar-refractivity contribution in [1.82, 2.24) is 15.3 Å². The molecule has 0 bridgehead atoms. The Labute approximate surface area is 200 Å². The molecular weight excluding hydrogens is 462 g/mol. The molecule has 0 saturated carbocycles. The van der Waals surface area contributed by atoms with Gasteiger partial charge in [0, 0.05) is 30.0 Å². The maximum atomic E-state index is 15.0. The molecule has 10 heteroatoms. The molecule has 2 N–H and O–H groups in total. The summed E-state index contributed by atoms with van der Waals surface area (Å²) in [6, 6.07) is 8.32. The molecule has 184 valence electrons. The fourth-order valence-corrected chi connectivity index (χ4v) is 4.53. The zero-order valence-corrected chi connectivity index (χ0v) is 19.3. The number of nitrogens with one attached hydrogen (secondary N) is 2. The van der Waals surface area contributed by atoms with Crippen molar-refractivity contribution >= 4 is 17.3 Å². The number of benzene rings is 2. The first-order valence-corrected chi connectivity index (χ1v) is 11.5. The van der Waals surface area contributed by atoms with E-state index in [1.165, 1.54) is 11.6 Å². The average molecular weight is 488 g/mol. The Hall–Kier alpha value is -3.40. The first-order valence-electron chi connectivity index (χ1n) is 11.5. The zero-order valence-electron chi connectivity index (χ0n) is 19.3. The smallest absolute Gasteiger partial charge is 0.419 e. The van der Waals surface area contributed by atoms with Gasteiger partial charge < -0.3 is 20.3 Å². The number of rotatable bonds is 4. The number of aromatic nitrogens is 2. The molecule has 6 nitrogen and oxygen atoms in total. The van der Waals surface area contributed by atoms with Crippen LogP contribution in [0.3, 0.4) is 0 Å². The van der Waals surface area contributed by atoms with E-state index in [0.717, 1.165) is 30.8 Å². The first kappa shape index (κ1) is 23.3. The van der Waals surface area contributed by atoms with Crippen LogP contribution in [-0.4, -0.2) is 35.7 Å². The molecule has 0 spiro atoms. The fourth-order valence-electron chi connectivity index (χ4n) is 4.53. The van der Waals surface area contributed by atoms with E-state index in [0.29, 0.717) is 31.1 Å². The molecule has 5 rings (SSSR count). The van der Waals surface area contributed by atoms with Gasteiger partial charge in [-0.05, 0) is 62.2 Å². The van der Waals surface area contributed by atoms with Gasteiger partial charge in [-0.3, -0.25) is 0 Å². The van der Waals surface area contributed by atoms with Crippen LogP contribution in [0.15, 0.2) is 36.5 Å². The lowest BCUT2D eigenvalue weighted by molar-refractivity contribution is -0.137. The second kappa shape index (κ2) is 8.99. The summed E-state index contributed by atoms with van der Waals surface area (Å²) in [4.78, 5) is 10.0. The Morgan fingerprint density at radius 3 is 2.74 bits per heavy atom. The molecule has 0 amide bonds. The highest BCUT2D eigenvalue weighted by atomic mass is 19.4. The van der Waals surface area contributed by atoms with Gasteiger partial charge in [-0.25, -0.2) is 14.4 Å². The third-order valence-corrected chi connectivity index (χ3v) is 6.25. The van der Waals surface area contributed by atoms with Crippen molar-refractivity contribution in [1.29, 1.82) is 0 Å². The maximum Gasteiger partial charge on any atom is 0.419 e. The first-order chi connectivity index (χ1) is 16.7. The summed E-state index contributed by atoms with van der Waals surface area (Å²) in [6.45, 7) is 6.29. The van der Waals surface area contributed by atoms with E-state index >= 15 is 0 Å². The van der Waals surface area contributed by atoms with E-state index in [1.807, 2.05) is 36.9 Å². The maximum absolute atomic E-state index is 15.0. The largest absolute Gasteiger partial charge is 0.486 e. The lowest BCUT2D eigenvalue weighted by Gasteiger charge is -2.35. The van der Waals surface area contributed by atoms with Gasteiger partial charge in [0.2, 0.25) is 5.95 Å². The number of nitrogens with zero attached hydrogens (tertiary/aromatic N) is 3. The van der Waals surface area contributed by atoms with Crippen molar-refractivity contribution in [3.8, 4) is 17.0 Å². The SMILES string of the molecule is CC(C)N1CCOc2c(F)cc(-c3nc(Nc4ccc5c(c4)CNCC5)ncc3C(F)(F)F)cc21. The fraction of sp³-hybridized carbons (Fsp3) is 0.360. The van der Waals surface area contributed by atoms with Crippen molar-refractivity contribution in [2.45, 2.75) is 39.0 Å². The highest BCUT2D eigenvalue weighted by Gasteiger charge is 2.36. The molecule has 2 aliphatic heterocycles. The summed E-state index contributed by atoms with van der Waals surface area (Å²) in [7, 11) is 0. The number of hydrogen-bond acceptors (Lipinski definition) is 6. The molecule has 0 unspecified atom stereocenters. The van der Waals surface area contributed by atoms with Crippen LogP contribution in [0.1, 0.15) is 30.5 Å². The van der Waals surface area contributed by atoms with Crippen molar-refractivity contribution < 1.29 is 22.3 Å². The second-order valence-corrected chi connectivity index (χ2v) is 8.93. The van der Waals surface area contributed by atoms with E-state index in [9.17, 15) is 17.6 Å². The van der Waals surface area contributed by atoms with Gasteiger partial charge in [-0.15, -0.1) is 0 Å². The van der Waals surface area contributed by atoms with Gasteiger partial charge in [0.05, 0.1) is 17.9 Å². The minimum Gasteiger partial charge on any atom is -0.486 e. The molecule has 3 heterocycles. The molecule has 2 aliphatic rings. The van der Waals surface area contributed by atoms with Crippen LogP contribution >= 0.6 is 0 Å². The van der Waals surface area contributed by atoms with Gasteiger partial charge in [0.1, 0.15) is 12.2 Å². The van der Waals surface area contributed by atoms with E-state index in [4.69, 9.17) is 4.74 Å². The van der Waals surface area contributed by atoms with Crippen LogP contribution in [0.4, 0.5) is 34.9 Å². The molecular formula is C25H25F4N5O. The highest BCUT2D eigenvalue weighted by Crippen LogP contribution is 2.42. The molecule has 0 atom stereocenters. The van der Waals surface area contributed by atoms with Gasteiger partial charge >= 0.3 is 6.18 Å². The summed E-state index contributed by atoms with van der Waals surface area (Å²) >= 11 is 0. The van der Waals surface area contributed by atoms with E-state index in [2.05, 4.69) is 20.6 Å². The Kier molecular flexibility index (Phi) is 6.00. The summed E-state index contributed by atoms with van der Waals surface area (Å²) in [6.07, 6.45) is -3.07. The van der Waals surface area contributed by atoms with Gasteiger partial charge in [-0.2, -0.15) is 13.2 Å². The number of anilines is 3. The Morgan fingerprint density at radius 2 is 1.97 bits per heavy atom. The van der Waals surface area contributed by atoms with Gasteiger partial charge in [-0.1, -0.05) is 6.07 Å². The van der Waals surface area contributed by atoms with E-state index < -0.39 is 23.3 Å². The summed E-state index contributed by atoms with van der Waals surface area (Å²) in [5, 5.41) is 6.30. The van der Waals surface area contributed by atoms with Crippen molar-refractivity contribution in [2.24, 2.45) is 0 Å². The third kappa shape index (κ3) is 4.62. The lowest BCUT2D eigenvalue weighted by atomic mass is 10.0. The van der Waals surface area contributed by atoms with Crippen molar-refractivity contribution in [3.05, 3.63) is 59.0 Å². The summed E-state index contributed by atoms with van der Waals surface area (Å²) < 4.78 is 62.1. The minimum atomic E-state index is -4.72. The van der Waals surface area contributed by atoms with Crippen molar-refractivity contribution in [2.75, 3.05) is 29.9 Å². The average Bonchev–Trinajstić information content (AvgIpc) is 2.83. The molecule has 0 radical (unpaired) electrons. The van der Waals surface area contributed by atoms with Crippen LogP contribution < -0.4 is 20.3 Å². The van der Waals surface area contributed by atoms with Gasteiger partial charge in [0.25, 0.3) is 0 Å². The van der Waals surface area contributed by atoms with E-state index in [-0.39, 0.29) is 23.3 Å². The molecule has 1 aromatic heterocycles. The highest BCUT2D eigenvalue weighted by molar-refractivity contribution is 5.74. The molecule has 0 aliphatic carbocycles. The van der Waals surface area contributed by atoms with Crippen LogP contribution in [0.5, 0.6) is 5.75 Å². The van der Waals surface area contributed by atoms with E-state index in [1.54, 1.807) is 0 Å². The molecule has 0 fully saturated rings. The normalized spacial score (nSPS) is 15.5. The number of fused-ring (bicyclic) bond motifs is 2. The Morgan fingerprint density at radius 1 is 1.14 bits per heavy atom. The molecule has 35 heavy (non-hydrogen) atoms. The lowest BCUT2D eigenvalue weighted by Crippen LogP contribution is -2.38. The zero-order chi connectivity index (χ0) is 24.7.